The highest BCUT2D eigenvalue weighted by molar-refractivity contribution is 5.95. The number of Topliss-reactive ketones (excluding diaryl/α,β-unsaturated/α-hetero) is 1. The largest absolute Gasteiger partial charge is 0.365 e. The Morgan fingerprint density at radius 3 is 2.43 bits per heavy atom. The lowest BCUT2D eigenvalue weighted by Crippen LogP contribution is -2.54. The average Bonchev–Trinajstić information content (AvgIpc) is 3.67. The van der Waals surface area contributed by atoms with Crippen molar-refractivity contribution in [1.82, 2.24) is 14.7 Å². The summed E-state index contributed by atoms with van der Waals surface area (Å²) in [5, 5.41) is 14.1. The van der Waals surface area contributed by atoms with Gasteiger partial charge in [-0.2, -0.15) is 10.4 Å². The minimum atomic E-state index is -1.39. The van der Waals surface area contributed by atoms with E-state index in [1.165, 1.54) is 10.9 Å². The minimum Gasteiger partial charge on any atom is -0.365 e. The number of hydrogen-bond acceptors (Lipinski definition) is 5. The molecule has 1 saturated heterocycles. The summed E-state index contributed by atoms with van der Waals surface area (Å²) in [5.74, 6) is -0.673. The van der Waals surface area contributed by atoms with Gasteiger partial charge < -0.3 is 5.73 Å². The number of carbonyl (C=O) groups is 2. The highest BCUT2D eigenvalue weighted by atomic mass is 19.1. The van der Waals surface area contributed by atoms with Gasteiger partial charge in [0.2, 0.25) is 0 Å². The molecule has 1 aliphatic heterocycles. The average molecular weight is 500 g/mol. The first-order valence-corrected chi connectivity index (χ1v) is 12.7. The SMILES string of the molecule is N#CCC1(n2cc(C(N)=O)c(CC(=O)C3CC3)n2)CCN(Cc2ccc(-c3ccccc3)cc2)CC1F. The van der Waals surface area contributed by atoms with Crippen LogP contribution in [0.1, 0.15) is 47.3 Å². The molecule has 0 radical (unpaired) electrons. The topological polar surface area (TPSA) is 105 Å². The van der Waals surface area contributed by atoms with Crippen molar-refractivity contribution >= 4 is 11.7 Å². The van der Waals surface area contributed by atoms with Crippen molar-refractivity contribution in [3.8, 4) is 17.2 Å². The molecule has 5 rings (SSSR count). The van der Waals surface area contributed by atoms with E-state index < -0.39 is 17.6 Å². The maximum atomic E-state index is 15.9. The Labute approximate surface area is 215 Å². The van der Waals surface area contributed by atoms with Gasteiger partial charge in [-0.1, -0.05) is 54.6 Å². The molecule has 1 aliphatic carbocycles. The molecule has 190 valence electrons. The zero-order valence-electron chi connectivity index (χ0n) is 20.6. The van der Waals surface area contributed by atoms with Gasteiger partial charge in [0, 0.05) is 31.7 Å². The molecule has 7 nitrogen and oxygen atoms in total. The monoisotopic (exact) mass is 499 g/mol. The molecular formula is C29H30FN5O2. The van der Waals surface area contributed by atoms with Crippen LogP contribution in [0.25, 0.3) is 11.1 Å². The van der Waals surface area contributed by atoms with E-state index in [4.69, 9.17) is 5.73 Å². The Morgan fingerprint density at radius 1 is 1.11 bits per heavy atom. The maximum Gasteiger partial charge on any atom is 0.252 e. The van der Waals surface area contributed by atoms with Crippen molar-refractivity contribution in [2.24, 2.45) is 11.7 Å². The van der Waals surface area contributed by atoms with Crippen molar-refractivity contribution in [2.75, 3.05) is 13.1 Å². The second kappa shape index (κ2) is 10.3. The molecule has 3 aromatic rings. The number of amides is 1. The number of rotatable bonds is 9. The molecule has 0 bridgehead atoms. The van der Waals surface area contributed by atoms with Crippen LogP contribution in [0.4, 0.5) is 4.39 Å². The number of benzene rings is 2. The van der Waals surface area contributed by atoms with Crippen LogP contribution in [0.5, 0.6) is 0 Å². The molecule has 0 spiro atoms. The summed E-state index contributed by atoms with van der Waals surface area (Å²) in [7, 11) is 0. The van der Waals surface area contributed by atoms with Crippen molar-refractivity contribution in [1.29, 1.82) is 5.26 Å². The van der Waals surface area contributed by atoms with Crippen molar-refractivity contribution in [2.45, 2.75) is 50.4 Å². The van der Waals surface area contributed by atoms with E-state index in [1.807, 2.05) is 23.1 Å². The number of nitrogens with zero attached hydrogens (tertiary/aromatic N) is 4. The number of ketones is 1. The Bertz CT molecular complexity index is 1330. The number of hydrogen-bond donors (Lipinski definition) is 1. The lowest BCUT2D eigenvalue weighted by atomic mass is 9.83. The van der Waals surface area contributed by atoms with Gasteiger partial charge in [0.05, 0.1) is 30.2 Å². The number of piperidine rings is 1. The summed E-state index contributed by atoms with van der Waals surface area (Å²) in [6.07, 6.45) is 1.99. The lowest BCUT2D eigenvalue weighted by molar-refractivity contribution is -0.119. The van der Waals surface area contributed by atoms with E-state index in [0.717, 1.165) is 29.5 Å². The molecule has 1 aromatic heterocycles. The summed E-state index contributed by atoms with van der Waals surface area (Å²) in [4.78, 5) is 26.5. The molecule has 2 heterocycles. The Hall–Kier alpha value is -3.83. The number of nitrogens with two attached hydrogens (primary N) is 1. The second-order valence-corrected chi connectivity index (χ2v) is 10.2. The van der Waals surface area contributed by atoms with Gasteiger partial charge in [0.15, 0.2) is 0 Å². The van der Waals surface area contributed by atoms with Gasteiger partial charge in [-0.3, -0.25) is 19.2 Å². The summed E-state index contributed by atoms with van der Waals surface area (Å²) >= 11 is 0. The van der Waals surface area contributed by atoms with Crippen LogP contribution in [-0.4, -0.2) is 45.6 Å². The molecule has 2 atom stereocenters. The van der Waals surface area contributed by atoms with Crippen LogP contribution in [0, 0.1) is 17.2 Å². The number of likely N-dealkylation sites (tertiary alicyclic amines) is 1. The summed E-state index contributed by atoms with van der Waals surface area (Å²) in [6.45, 7) is 1.28. The molecule has 2 fully saturated rings. The standard InChI is InChI=1S/C29H30FN5O2/c30-27-19-34(17-20-6-8-22(9-7-20)21-4-2-1-3-5-21)15-13-29(27,12-14-31)35-18-24(28(32)37)25(33-35)16-26(36)23-10-11-23/h1-9,18,23,27H,10-13,15-17,19H2,(H2,32,37). The van der Waals surface area contributed by atoms with Crippen LogP contribution in [0.3, 0.4) is 0 Å². The Morgan fingerprint density at radius 2 is 1.81 bits per heavy atom. The fourth-order valence-electron chi connectivity index (χ4n) is 5.20. The predicted molar refractivity (Wildman–Crippen MR) is 137 cm³/mol. The van der Waals surface area contributed by atoms with E-state index in [1.54, 1.807) is 0 Å². The molecule has 2 aromatic carbocycles. The first kappa shape index (κ1) is 24.8. The van der Waals surface area contributed by atoms with Crippen LogP contribution >= 0.6 is 0 Å². The van der Waals surface area contributed by atoms with Crippen molar-refractivity contribution in [3.05, 3.63) is 77.6 Å². The highest BCUT2D eigenvalue weighted by Gasteiger charge is 2.46. The molecule has 2 unspecified atom stereocenters. The normalized spacial score (nSPS) is 21.9. The highest BCUT2D eigenvalue weighted by Crippen LogP contribution is 2.37. The van der Waals surface area contributed by atoms with Gasteiger partial charge in [-0.25, -0.2) is 4.39 Å². The molecule has 1 saturated carbocycles. The summed E-state index contributed by atoms with van der Waals surface area (Å²) in [6, 6.07) is 20.5. The quantitative estimate of drug-likeness (QED) is 0.479. The Balaban J connectivity index is 1.32. The van der Waals surface area contributed by atoms with E-state index in [0.29, 0.717) is 19.5 Å². The van der Waals surface area contributed by atoms with Gasteiger partial charge >= 0.3 is 0 Å². The summed E-state index contributed by atoms with van der Waals surface area (Å²) in [5.41, 5.74) is 8.09. The molecule has 2 aliphatic rings. The molecule has 2 N–H and O–H groups in total. The van der Waals surface area contributed by atoms with E-state index in [2.05, 4.69) is 47.6 Å². The number of nitriles is 1. The van der Waals surface area contributed by atoms with Gasteiger partial charge in [-0.15, -0.1) is 0 Å². The minimum absolute atomic E-state index is 0.000623. The maximum absolute atomic E-state index is 15.9. The van der Waals surface area contributed by atoms with Crippen molar-refractivity contribution < 1.29 is 14.0 Å². The molecule has 37 heavy (non-hydrogen) atoms. The Kier molecular flexibility index (Phi) is 6.90. The lowest BCUT2D eigenvalue weighted by Gasteiger charge is -2.43. The third-order valence-electron chi connectivity index (χ3n) is 7.60. The number of carbonyl (C=O) groups excluding carboxylic acids is 2. The van der Waals surface area contributed by atoms with E-state index in [9.17, 15) is 14.9 Å². The first-order chi connectivity index (χ1) is 17.9. The fraction of sp³-hybridized carbons (Fsp3) is 0.379. The fourth-order valence-corrected chi connectivity index (χ4v) is 5.20. The van der Waals surface area contributed by atoms with E-state index in [-0.39, 0.29) is 42.3 Å². The number of alkyl halides is 1. The summed E-state index contributed by atoms with van der Waals surface area (Å²) < 4.78 is 17.3. The first-order valence-electron chi connectivity index (χ1n) is 12.7. The zero-order chi connectivity index (χ0) is 26.0. The van der Waals surface area contributed by atoms with Crippen LogP contribution in [-0.2, 0) is 23.3 Å². The zero-order valence-corrected chi connectivity index (χ0v) is 20.6. The van der Waals surface area contributed by atoms with Gasteiger partial charge in [0.25, 0.3) is 5.91 Å². The molecule has 1 amide bonds. The molecular weight excluding hydrogens is 469 g/mol. The molecule has 8 heteroatoms. The van der Waals surface area contributed by atoms with Crippen LogP contribution in [0.2, 0.25) is 0 Å². The smallest absolute Gasteiger partial charge is 0.252 e. The second-order valence-electron chi connectivity index (χ2n) is 10.2. The van der Waals surface area contributed by atoms with Crippen molar-refractivity contribution in [3.63, 3.8) is 0 Å². The number of halogens is 1. The van der Waals surface area contributed by atoms with Crippen LogP contribution < -0.4 is 5.73 Å². The van der Waals surface area contributed by atoms with Crippen LogP contribution in [0.15, 0.2) is 60.8 Å². The number of aromatic nitrogens is 2. The van der Waals surface area contributed by atoms with Gasteiger partial charge in [-0.05, 0) is 36.0 Å². The number of primary amides is 1. The van der Waals surface area contributed by atoms with Gasteiger partial charge in [0.1, 0.15) is 17.5 Å². The van der Waals surface area contributed by atoms with E-state index >= 15 is 4.39 Å². The third-order valence-corrected chi connectivity index (χ3v) is 7.60. The predicted octanol–water partition coefficient (Wildman–Crippen LogP) is 4.02. The third kappa shape index (κ3) is 5.18.